The van der Waals surface area contributed by atoms with Crippen LogP contribution in [0.15, 0.2) is 0 Å². The highest BCUT2D eigenvalue weighted by Gasteiger charge is 2.15. The first-order valence-corrected chi connectivity index (χ1v) is 4.18. The molecule has 74 valence electrons. The average molecular weight is 177 g/mol. The van der Waals surface area contributed by atoms with Gasteiger partial charge in [-0.15, -0.1) is 0 Å². The number of carbonyl (C=O) groups is 1. The van der Waals surface area contributed by atoms with Crippen LogP contribution in [0, 0.1) is 0 Å². The van der Waals surface area contributed by atoms with Gasteiger partial charge in [0, 0.05) is 5.97 Å². The first-order valence-electron chi connectivity index (χ1n) is 4.18. The van der Waals surface area contributed by atoms with Crippen LogP contribution >= 0.6 is 0 Å². The molecular weight excluding hydrogens is 158 g/mol. The summed E-state index contributed by atoms with van der Waals surface area (Å²) in [7, 11) is 0. The highest BCUT2D eigenvalue weighted by Crippen LogP contribution is 1.97. The number of nitrogens with zero attached hydrogens (tertiary/aromatic N) is 1. The summed E-state index contributed by atoms with van der Waals surface area (Å²) in [6.45, 7) is 9.39. The molecule has 0 atom stereocenters. The predicted molar refractivity (Wildman–Crippen MR) is 44.4 cm³/mol. The minimum Gasteiger partial charge on any atom is -0.550 e. The van der Waals surface area contributed by atoms with Gasteiger partial charge in [0.1, 0.15) is 19.6 Å². The summed E-state index contributed by atoms with van der Waals surface area (Å²) in [5.41, 5.74) is 0. The van der Waals surface area contributed by atoms with Crippen LogP contribution in [0.5, 0.6) is 0 Å². The van der Waals surface area contributed by atoms with E-state index in [4.69, 9.17) is 9.90 Å². The van der Waals surface area contributed by atoms with Crippen molar-refractivity contribution in [1.82, 2.24) is 0 Å². The quantitative estimate of drug-likeness (QED) is 0.488. The predicted octanol–water partition coefficient (Wildman–Crippen LogP) is 0.00830. The third kappa shape index (κ3) is 9.39. The van der Waals surface area contributed by atoms with E-state index in [9.17, 15) is 5.21 Å². The number of hydrogen-bond donors (Lipinski definition) is 1. The van der Waals surface area contributed by atoms with E-state index in [1.165, 1.54) is 0 Å². The average Bonchev–Trinajstić information content (AvgIpc) is 2.02. The molecule has 0 aliphatic rings. The molecule has 0 saturated carbocycles. The van der Waals surface area contributed by atoms with Crippen molar-refractivity contribution in [3.63, 3.8) is 0 Å². The zero-order valence-corrected chi connectivity index (χ0v) is 8.33. The first kappa shape index (κ1) is 13.9. The van der Waals surface area contributed by atoms with Crippen molar-refractivity contribution in [1.29, 1.82) is 0 Å². The summed E-state index contributed by atoms with van der Waals surface area (Å²) in [5, 5.41) is 18.3. The molecule has 0 spiro atoms. The van der Waals surface area contributed by atoms with E-state index >= 15 is 0 Å². The van der Waals surface area contributed by atoms with Crippen molar-refractivity contribution in [3.05, 3.63) is 0 Å². The maximum absolute atomic E-state index is 9.38. The standard InChI is InChI=1S/C6H16NO.C2H4O2/c1-4-7(8,5-2)6-3;1-2(3)4/h8H,4-6H2,1-3H3;1H3,(H,3,4)/q+1;/p-1. The second kappa shape index (κ2) is 7.06. The van der Waals surface area contributed by atoms with E-state index in [2.05, 4.69) is 0 Å². The third-order valence-corrected chi connectivity index (χ3v) is 1.77. The van der Waals surface area contributed by atoms with Crippen LogP contribution in [0.2, 0.25) is 0 Å². The minimum atomic E-state index is -1.08. The highest BCUT2D eigenvalue weighted by molar-refractivity contribution is 5.60. The Morgan fingerprint density at radius 3 is 1.42 bits per heavy atom. The number of rotatable bonds is 3. The lowest BCUT2D eigenvalue weighted by atomic mass is 10.5. The molecule has 4 heteroatoms. The fourth-order valence-electron chi connectivity index (χ4n) is 0.671. The highest BCUT2D eigenvalue weighted by atomic mass is 16.5. The van der Waals surface area contributed by atoms with E-state index in [0.717, 1.165) is 26.6 Å². The van der Waals surface area contributed by atoms with Crippen LogP contribution < -0.4 is 5.11 Å². The normalized spacial score (nSPS) is 10.1. The second-order valence-corrected chi connectivity index (χ2v) is 2.54. The van der Waals surface area contributed by atoms with Gasteiger partial charge in [0.05, 0.1) is 0 Å². The number of aliphatic carboxylic acids is 1. The van der Waals surface area contributed by atoms with Crippen LogP contribution in [0.1, 0.15) is 27.7 Å². The third-order valence-electron chi connectivity index (χ3n) is 1.77. The van der Waals surface area contributed by atoms with E-state index in [1.807, 2.05) is 20.8 Å². The molecule has 0 unspecified atom stereocenters. The number of carboxylic acids is 1. The zero-order valence-electron chi connectivity index (χ0n) is 8.33. The molecule has 0 radical (unpaired) electrons. The van der Waals surface area contributed by atoms with Crippen LogP contribution in [-0.2, 0) is 4.79 Å². The smallest absolute Gasteiger partial charge is 0.106 e. The molecule has 0 amide bonds. The van der Waals surface area contributed by atoms with Gasteiger partial charge in [-0.2, -0.15) is 4.65 Å². The number of hydroxylamine groups is 3. The van der Waals surface area contributed by atoms with Gasteiger partial charge in [0.15, 0.2) is 0 Å². The largest absolute Gasteiger partial charge is 0.550 e. The topological polar surface area (TPSA) is 60.4 Å². The lowest BCUT2D eigenvalue weighted by molar-refractivity contribution is -1.10. The summed E-state index contributed by atoms with van der Waals surface area (Å²) in [6.07, 6.45) is 0. The number of hydrogen-bond acceptors (Lipinski definition) is 3. The van der Waals surface area contributed by atoms with Gasteiger partial charge in [-0.05, 0) is 27.7 Å². The van der Waals surface area contributed by atoms with Gasteiger partial charge in [-0.3, -0.25) is 0 Å². The molecule has 1 N–H and O–H groups in total. The van der Waals surface area contributed by atoms with E-state index < -0.39 is 5.97 Å². The SMILES string of the molecule is CC(=O)[O-].CC[N+](O)(CC)CC. The maximum Gasteiger partial charge on any atom is 0.106 e. The molecule has 0 aromatic carbocycles. The van der Waals surface area contributed by atoms with Crippen LogP contribution in [-0.4, -0.2) is 35.5 Å². The Balaban J connectivity index is 0. The minimum absolute atomic E-state index is 0.208. The summed E-state index contributed by atoms with van der Waals surface area (Å²) < 4.78 is 0.208. The molecule has 0 heterocycles. The molecule has 12 heavy (non-hydrogen) atoms. The Kier molecular flexibility index (Phi) is 8.21. The fourth-order valence-corrected chi connectivity index (χ4v) is 0.671. The van der Waals surface area contributed by atoms with Gasteiger partial charge in [0.25, 0.3) is 0 Å². The van der Waals surface area contributed by atoms with Gasteiger partial charge < -0.3 is 9.90 Å². The summed E-state index contributed by atoms with van der Waals surface area (Å²) in [5.74, 6) is -1.08. The molecule has 4 nitrogen and oxygen atoms in total. The molecule has 0 rings (SSSR count). The first-order chi connectivity index (χ1) is 5.41. The molecule has 0 aromatic rings. The Morgan fingerprint density at radius 2 is 1.42 bits per heavy atom. The Hall–Kier alpha value is -0.610. The van der Waals surface area contributed by atoms with Crippen molar-refractivity contribution in [2.24, 2.45) is 0 Å². The Bertz CT molecular complexity index is 109. The zero-order chi connectivity index (χ0) is 10.2. The van der Waals surface area contributed by atoms with E-state index in [1.54, 1.807) is 0 Å². The second-order valence-electron chi connectivity index (χ2n) is 2.54. The van der Waals surface area contributed by atoms with E-state index in [0.29, 0.717) is 0 Å². The summed E-state index contributed by atoms with van der Waals surface area (Å²) in [6, 6.07) is 0. The molecule has 0 saturated heterocycles. The van der Waals surface area contributed by atoms with Gasteiger partial charge >= 0.3 is 0 Å². The van der Waals surface area contributed by atoms with Crippen molar-refractivity contribution < 1.29 is 19.8 Å². The molecule has 0 aliphatic heterocycles. The van der Waals surface area contributed by atoms with Crippen LogP contribution in [0.3, 0.4) is 0 Å². The summed E-state index contributed by atoms with van der Waals surface area (Å²) >= 11 is 0. The Morgan fingerprint density at radius 1 is 1.25 bits per heavy atom. The lowest BCUT2D eigenvalue weighted by Crippen LogP contribution is -2.43. The lowest BCUT2D eigenvalue weighted by Gasteiger charge is -2.25. The van der Waals surface area contributed by atoms with Crippen molar-refractivity contribution >= 4 is 5.97 Å². The number of carbonyl (C=O) groups excluding carboxylic acids is 1. The molecule has 0 aromatic heterocycles. The maximum atomic E-state index is 9.38. The molecule has 0 fully saturated rings. The van der Waals surface area contributed by atoms with Crippen molar-refractivity contribution in [2.75, 3.05) is 19.6 Å². The van der Waals surface area contributed by atoms with Crippen molar-refractivity contribution in [2.45, 2.75) is 27.7 Å². The monoisotopic (exact) mass is 177 g/mol. The fraction of sp³-hybridized carbons (Fsp3) is 0.875. The molecule has 0 bridgehead atoms. The summed E-state index contributed by atoms with van der Waals surface area (Å²) in [4.78, 5) is 8.89. The number of quaternary nitrogens is 1. The molecule has 0 aliphatic carbocycles. The van der Waals surface area contributed by atoms with Crippen LogP contribution in [0.25, 0.3) is 0 Å². The van der Waals surface area contributed by atoms with Crippen molar-refractivity contribution in [3.8, 4) is 0 Å². The number of carboxylic acid groups (broad SMARTS) is 1. The molecular formula is C8H19NO3. The van der Waals surface area contributed by atoms with Crippen LogP contribution in [0.4, 0.5) is 0 Å². The van der Waals surface area contributed by atoms with Gasteiger partial charge in [-0.25, -0.2) is 5.21 Å². The Labute approximate surface area is 74.0 Å². The van der Waals surface area contributed by atoms with Gasteiger partial charge in [-0.1, -0.05) is 0 Å². The van der Waals surface area contributed by atoms with Gasteiger partial charge in [0.2, 0.25) is 0 Å². The van der Waals surface area contributed by atoms with E-state index in [-0.39, 0.29) is 4.65 Å².